The summed E-state index contributed by atoms with van der Waals surface area (Å²) in [5.41, 5.74) is 3.25. The first kappa shape index (κ1) is 27.3. The highest BCUT2D eigenvalue weighted by molar-refractivity contribution is 7.89. The number of sulfonamides is 1. The molecule has 0 spiro atoms. The SMILES string of the molecule is COC(=O)CC[C@H](/C=C/[C@H](Cc1ccccc1)NS(=O)(=O)c1c(C)cc(C)cc1C)C(=O)OC. The number of carbonyl (C=O) groups excluding carboxylic acids is 2. The van der Waals surface area contributed by atoms with E-state index in [9.17, 15) is 18.0 Å². The molecule has 1 N–H and O–H groups in total. The molecule has 2 aromatic carbocycles. The van der Waals surface area contributed by atoms with E-state index < -0.39 is 33.9 Å². The third kappa shape index (κ3) is 7.81. The van der Waals surface area contributed by atoms with Crippen molar-refractivity contribution < 1.29 is 27.5 Å². The van der Waals surface area contributed by atoms with Gasteiger partial charge < -0.3 is 9.47 Å². The zero-order valence-electron chi connectivity index (χ0n) is 20.3. The summed E-state index contributed by atoms with van der Waals surface area (Å²) < 4.78 is 39.1. The highest BCUT2D eigenvalue weighted by atomic mass is 32.2. The fourth-order valence-corrected chi connectivity index (χ4v) is 5.60. The van der Waals surface area contributed by atoms with Crippen molar-refractivity contribution in [2.75, 3.05) is 14.2 Å². The number of hydrogen-bond acceptors (Lipinski definition) is 6. The second kappa shape index (κ2) is 12.5. The molecular weight excluding hydrogens is 454 g/mol. The van der Waals surface area contributed by atoms with Crippen molar-refractivity contribution in [3.63, 3.8) is 0 Å². The summed E-state index contributed by atoms with van der Waals surface area (Å²) in [5.74, 6) is -1.66. The van der Waals surface area contributed by atoms with Gasteiger partial charge in [0.2, 0.25) is 10.0 Å². The number of carbonyl (C=O) groups is 2. The molecule has 2 aromatic rings. The fraction of sp³-hybridized carbons (Fsp3) is 0.385. The van der Waals surface area contributed by atoms with Crippen LogP contribution in [0.2, 0.25) is 0 Å². The minimum absolute atomic E-state index is 0.0391. The largest absolute Gasteiger partial charge is 0.469 e. The van der Waals surface area contributed by atoms with Crippen molar-refractivity contribution >= 4 is 22.0 Å². The molecule has 0 aliphatic rings. The Morgan fingerprint density at radius 3 is 2.15 bits per heavy atom. The summed E-state index contributed by atoms with van der Waals surface area (Å²) in [6.07, 6.45) is 3.86. The highest BCUT2D eigenvalue weighted by Gasteiger charge is 2.24. The van der Waals surface area contributed by atoms with Crippen molar-refractivity contribution in [1.82, 2.24) is 4.72 Å². The van der Waals surface area contributed by atoms with Crippen LogP contribution in [0.25, 0.3) is 0 Å². The Bertz CT molecular complexity index is 1100. The molecule has 8 heteroatoms. The number of methoxy groups -OCH3 is 2. The fourth-order valence-electron chi connectivity index (χ4n) is 3.95. The van der Waals surface area contributed by atoms with Gasteiger partial charge in [0.05, 0.1) is 25.0 Å². The molecule has 0 aromatic heterocycles. The molecule has 2 rings (SSSR count). The lowest BCUT2D eigenvalue weighted by Gasteiger charge is -2.19. The Kier molecular flexibility index (Phi) is 10.0. The van der Waals surface area contributed by atoms with Gasteiger partial charge in [0.1, 0.15) is 0 Å². The van der Waals surface area contributed by atoms with Crippen LogP contribution in [0.5, 0.6) is 0 Å². The number of nitrogens with one attached hydrogen (secondary N) is 1. The lowest BCUT2D eigenvalue weighted by Crippen LogP contribution is -2.36. The topological polar surface area (TPSA) is 98.8 Å². The quantitative estimate of drug-likeness (QED) is 0.382. The maximum atomic E-state index is 13.4. The van der Waals surface area contributed by atoms with Gasteiger partial charge in [-0.15, -0.1) is 0 Å². The van der Waals surface area contributed by atoms with Crippen molar-refractivity contribution in [1.29, 1.82) is 0 Å². The number of rotatable bonds is 11. The van der Waals surface area contributed by atoms with E-state index in [1.807, 2.05) is 49.4 Å². The average molecular weight is 488 g/mol. The average Bonchev–Trinajstić information content (AvgIpc) is 2.77. The summed E-state index contributed by atoms with van der Waals surface area (Å²) in [4.78, 5) is 24.0. The van der Waals surface area contributed by atoms with Gasteiger partial charge in [0.15, 0.2) is 0 Å². The molecule has 0 saturated heterocycles. The van der Waals surface area contributed by atoms with Crippen molar-refractivity contribution in [2.24, 2.45) is 5.92 Å². The minimum atomic E-state index is -3.85. The first-order valence-electron chi connectivity index (χ1n) is 11.0. The van der Waals surface area contributed by atoms with E-state index in [0.29, 0.717) is 17.5 Å². The van der Waals surface area contributed by atoms with Crippen molar-refractivity contribution in [3.8, 4) is 0 Å². The Morgan fingerprint density at radius 2 is 1.59 bits per heavy atom. The van der Waals surface area contributed by atoms with Crippen LogP contribution in [0.1, 0.15) is 35.1 Å². The van der Waals surface area contributed by atoms with Gasteiger partial charge in [-0.1, -0.05) is 60.2 Å². The number of hydrogen-bond donors (Lipinski definition) is 1. The van der Waals surface area contributed by atoms with E-state index in [2.05, 4.69) is 9.46 Å². The first-order chi connectivity index (χ1) is 16.1. The van der Waals surface area contributed by atoms with Crippen LogP contribution in [-0.4, -0.2) is 40.6 Å². The third-order valence-corrected chi connectivity index (χ3v) is 7.24. The monoisotopic (exact) mass is 487 g/mol. The Morgan fingerprint density at radius 1 is 0.971 bits per heavy atom. The molecule has 7 nitrogen and oxygen atoms in total. The molecule has 2 atom stereocenters. The van der Waals surface area contributed by atoms with Crippen LogP contribution in [-0.2, 0) is 35.5 Å². The summed E-state index contributed by atoms with van der Waals surface area (Å²) >= 11 is 0. The molecule has 0 radical (unpaired) electrons. The molecule has 0 fully saturated rings. The zero-order valence-corrected chi connectivity index (χ0v) is 21.1. The van der Waals surface area contributed by atoms with Gasteiger partial charge in [-0.05, 0) is 50.3 Å². The van der Waals surface area contributed by atoms with Gasteiger partial charge in [-0.25, -0.2) is 13.1 Å². The molecule has 0 saturated carbocycles. The normalized spacial score (nSPS) is 13.4. The summed E-state index contributed by atoms with van der Waals surface area (Å²) in [6.45, 7) is 5.47. The van der Waals surface area contributed by atoms with Gasteiger partial charge >= 0.3 is 11.9 Å². The number of benzene rings is 2. The predicted octanol–water partition coefficient (Wildman–Crippen LogP) is 3.80. The van der Waals surface area contributed by atoms with E-state index in [4.69, 9.17) is 4.74 Å². The van der Waals surface area contributed by atoms with E-state index in [1.165, 1.54) is 14.2 Å². The maximum absolute atomic E-state index is 13.4. The van der Waals surface area contributed by atoms with Crippen molar-refractivity contribution in [3.05, 3.63) is 76.9 Å². The van der Waals surface area contributed by atoms with E-state index >= 15 is 0 Å². The summed E-state index contributed by atoms with van der Waals surface area (Å²) in [5, 5.41) is 0. The number of esters is 2. The molecule has 184 valence electrons. The van der Waals surface area contributed by atoms with Crippen LogP contribution in [0.4, 0.5) is 0 Å². The maximum Gasteiger partial charge on any atom is 0.312 e. The second-order valence-corrected chi connectivity index (χ2v) is 9.93. The number of ether oxygens (including phenoxy) is 2. The smallest absolute Gasteiger partial charge is 0.312 e. The summed E-state index contributed by atoms with van der Waals surface area (Å²) in [6, 6.07) is 12.5. The van der Waals surface area contributed by atoms with E-state index in [-0.39, 0.29) is 17.7 Å². The Balaban J connectivity index is 2.37. The molecule has 0 unspecified atom stereocenters. The molecule has 0 heterocycles. The van der Waals surface area contributed by atoms with Gasteiger partial charge in [-0.3, -0.25) is 9.59 Å². The van der Waals surface area contributed by atoms with Crippen LogP contribution in [0.15, 0.2) is 59.5 Å². The molecule has 34 heavy (non-hydrogen) atoms. The van der Waals surface area contributed by atoms with Crippen LogP contribution in [0.3, 0.4) is 0 Å². The van der Waals surface area contributed by atoms with Crippen LogP contribution >= 0.6 is 0 Å². The standard InChI is InChI=1S/C26H33NO6S/c1-18-15-19(2)25(20(3)16-18)34(30,31)27-23(17-21-9-7-6-8-10-21)13-11-22(26(29)33-5)12-14-24(28)32-4/h6-11,13,15-16,22-23,27H,12,14,17H2,1-5H3/b13-11+/t22-,23+/m0/s1. The Hall–Kier alpha value is -2.97. The van der Waals surface area contributed by atoms with E-state index in [1.54, 1.807) is 26.0 Å². The third-order valence-electron chi connectivity index (χ3n) is 5.45. The van der Waals surface area contributed by atoms with Gasteiger partial charge in [0.25, 0.3) is 0 Å². The summed E-state index contributed by atoms with van der Waals surface area (Å²) in [7, 11) is -1.30. The zero-order chi connectivity index (χ0) is 25.3. The molecule has 0 aliphatic carbocycles. The van der Waals surface area contributed by atoms with Crippen molar-refractivity contribution in [2.45, 2.75) is 51.0 Å². The number of aryl methyl sites for hydroxylation is 3. The lowest BCUT2D eigenvalue weighted by molar-refractivity contribution is -0.145. The molecule has 0 aliphatic heterocycles. The first-order valence-corrected chi connectivity index (χ1v) is 12.5. The van der Waals surface area contributed by atoms with Crippen LogP contribution in [0, 0.1) is 26.7 Å². The molecule has 0 amide bonds. The van der Waals surface area contributed by atoms with E-state index in [0.717, 1.165) is 11.1 Å². The van der Waals surface area contributed by atoms with Crippen LogP contribution < -0.4 is 4.72 Å². The molecule has 0 bridgehead atoms. The minimum Gasteiger partial charge on any atom is -0.469 e. The van der Waals surface area contributed by atoms with Gasteiger partial charge in [-0.2, -0.15) is 0 Å². The Labute approximate surface area is 202 Å². The lowest BCUT2D eigenvalue weighted by atomic mass is 10.00. The predicted molar refractivity (Wildman–Crippen MR) is 131 cm³/mol. The highest BCUT2D eigenvalue weighted by Crippen LogP contribution is 2.23. The second-order valence-electron chi connectivity index (χ2n) is 8.27. The molecular formula is C26H33NO6S. The van der Waals surface area contributed by atoms with Gasteiger partial charge in [0, 0.05) is 12.5 Å².